The first-order chi connectivity index (χ1) is 19.1. The lowest BCUT2D eigenvalue weighted by atomic mass is 9.78. The van der Waals surface area contributed by atoms with Gasteiger partial charge in [0.05, 0.1) is 17.0 Å². The summed E-state index contributed by atoms with van der Waals surface area (Å²) in [5.41, 5.74) is 3.42. The van der Waals surface area contributed by atoms with E-state index in [0.717, 1.165) is 76.5 Å². The number of likely N-dealkylation sites (tertiary alicyclic amines) is 3. The molecule has 0 saturated carbocycles. The van der Waals surface area contributed by atoms with Crippen LogP contribution in [0.5, 0.6) is 0 Å². The van der Waals surface area contributed by atoms with E-state index in [4.69, 9.17) is 0 Å². The third kappa shape index (κ3) is 6.48. The van der Waals surface area contributed by atoms with Gasteiger partial charge in [0.1, 0.15) is 6.33 Å². The van der Waals surface area contributed by atoms with Gasteiger partial charge in [-0.15, -0.1) is 0 Å². The number of carbonyl (C=O) groups is 2. The van der Waals surface area contributed by atoms with Crippen molar-refractivity contribution in [2.75, 3.05) is 45.8 Å². The molecule has 3 aliphatic heterocycles. The van der Waals surface area contributed by atoms with Crippen molar-refractivity contribution in [3.63, 3.8) is 0 Å². The second kappa shape index (κ2) is 11.9. The van der Waals surface area contributed by atoms with Gasteiger partial charge in [-0.25, -0.2) is 14.8 Å². The molecule has 8 heteroatoms. The Balaban J connectivity index is 1.16. The largest absolute Gasteiger partial charge is 0.338 e. The predicted octanol–water partition coefficient (Wildman–Crippen LogP) is 4.49. The Bertz CT molecular complexity index is 1150. The number of amides is 3. The number of nitrogens with one attached hydrogen (secondary N) is 1. The molecule has 3 saturated heterocycles. The molecule has 0 bridgehead atoms. The highest BCUT2D eigenvalue weighted by Crippen LogP contribution is 2.37. The quantitative estimate of drug-likeness (QED) is 0.577. The highest BCUT2D eigenvalue weighted by atomic mass is 16.2. The maximum absolute atomic E-state index is 13.3. The summed E-state index contributed by atoms with van der Waals surface area (Å²) in [6.45, 7) is 16.4. The van der Waals surface area contributed by atoms with Crippen LogP contribution in [-0.4, -0.2) is 88.0 Å². The first kappa shape index (κ1) is 28.5. The van der Waals surface area contributed by atoms with Gasteiger partial charge in [-0.05, 0) is 89.7 Å². The van der Waals surface area contributed by atoms with Gasteiger partial charge in [0.25, 0.3) is 5.91 Å². The average molecular weight is 547 g/mol. The number of hydrogen-bond acceptors (Lipinski definition) is 5. The number of aromatic nitrogens is 2. The van der Waals surface area contributed by atoms with E-state index in [1.165, 1.54) is 11.9 Å². The van der Waals surface area contributed by atoms with E-state index in [2.05, 4.69) is 50.5 Å². The molecule has 40 heavy (non-hydrogen) atoms. The number of piperidine rings is 1. The number of aryl methyl sites for hydroxylation is 2. The molecular weight excluding hydrogens is 500 g/mol. The summed E-state index contributed by atoms with van der Waals surface area (Å²) in [5.74, 6) is 2.23. The van der Waals surface area contributed by atoms with Crippen LogP contribution in [0, 0.1) is 31.6 Å². The molecule has 3 fully saturated rings. The molecule has 8 nitrogen and oxygen atoms in total. The van der Waals surface area contributed by atoms with Crippen LogP contribution >= 0.6 is 0 Å². The minimum atomic E-state index is -0.216. The smallest absolute Gasteiger partial charge is 0.317 e. The minimum Gasteiger partial charge on any atom is -0.338 e. The Morgan fingerprint density at radius 3 is 2.10 bits per heavy atom. The van der Waals surface area contributed by atoms with Crippen LogP contribution in [0.3, 0.4) is 0 Å². The Morgan fingerprint density at radius 2 is 1.52 bits per heavy atom. The number of carbonyl (C=O) groups excluding carboxylic acids is 2. The molecule has 3 unspecified atom stereocenters. The van der Waals surface area contributed by atoms with E-state index in [9.17, 15) is 9.59 Å². The van der Waals surface area contributed by atoms with Crippen molar-refractivity contribution in [3.05, 3.63) is 59.2 Å². The zero-order valence-electron chi connectivity index (χ0n) is 24.9. The zero-order chi connectivity index (χ0) is 28.4. The molecule has 0 spiro atoms. The van der Waals surface area contributed by atoms with Crippen molar-refractivity contribution in [2.45, 2.75) is 65.3 Å². The molecule has 3 amide bonds. The minimum absolute atomic E-state index is 0.0588. The summed E-state index contributed by atoms with van der Waals surface area (Å²) in [6.07, 6.45) is 4.75. The van der Waals surface area contributed by atoms with Crippen molar-refractivity contribution < 1.29 is 9.59 Å². The van der Waals surface area contributed by atoms with Crippen molar-refractivity contribution in [1.29, 1.82) is 0 Å². The lowest BCUT2D eigenvalue weighted by Gasteiger charge is -2.38. The number of fused-ring (bicyclic) bond motifs is 1. The van der Waals surface area contributed by atoms with Crippen LogP contribution < -0.4 is 5.32 Å². The molecule has 5 rings (SSSR count). The number of urea groups is 1. The molecule has 1 aromatic carbocycles. The van der Waals surface area contributed by atoms with Crippen molar-refractivity contribution in [2.24, 2.45) is 17.8 Å². The normalized spacial score (nSPS) is 22.8. The summed E-state index contributed by atoms with van der Waals surface area (Å²) in [6, 6.07) is 11.0. The standard InChI is InChI=1S/C32H46N6O2/c1-22-29(23(2)34-21-33-22)30(39)38-19-26-17-36(18-27(26)20-38)14-13-28(24-9-7-6-8-10-24)25-11-15-37(16-12-25)31(40)35-32(3,4)5/h6-10,21,25-28H,11-20H2,1-5H3,(H,35,40). The van der Waals surface area contributed by atoms with E-state index >= 15 is 0 Å². The lowest BCUT2D eigenvalue weighted by Crippen LogP contribution is -2.51. The van der Waals surface area contributed by atoms with Gasteiger partial charge in [0, 0.05) is 44.8 Å². The summed E-state index contributed by atoms with van der Waals surface area (Å²) in [5, 5.41) is 3.12. The van der Waals surface area contributed by atoms with Crippen LogP contribution in [0.1, 0.15) is 73.3 Å². The first-order valence-corrected chi connectivity index (χ1v) is 15.0. The van der Waals surface area contributed by atoms with Gasteiger partial charge in [-0.2, -0.15) is 0 Å². The molecule has 1 N–H and O–H groups in total. The van der Waals surface area contributed by atoms with Crippen molar-refractivity contribution in [3.8, 4) is 0 Å². The highest BCUT2D eigenvalue weighted by molar-refractivity contribution is 5.96. The van der Waals surface area contributed by atoms with E-state index in [1.54, 1.807) is 0 Å². The van der Waals surface area contributed by atoms with Crippen LogP contribution in [-0.2, 0) is 0 Å². The second-order valence-electron chi connectivity index (χ2n) is 13.2. The molecule has 0 aliphatic carbocycles. The molecule has 2 aromatic rings. The average Bonchev–Trinajstić information content (AvgIpc) is 3.48. The van der Waals surface area contributed by atoms with Crippen LogP contribution in [0.25, 0.3) is 0 Å². The number of hydrogen-bond donors (Lipinski definition) is 1. The maximum atomic E-state index is 13.3. The highest BCUT2D eigenvalue weighted by Gasteiger charge is 2.42. The van der Waals surface area contributed by atoms with E-state index in [0.29, 0.717) is 29.2 Å². The van der Waals surface area contributed by atoms with E-state index < -0.39 is 0 Å². The van der Waals surface area contributed by atoms with E-state index in [-0.39, 0.29) is 17.5 Å². The fourth-order valence-corrected chi connectivity index (χ4v) is 7.10. The zero-order valence-corrected chi connectivity index (χ0v) is 24.9. The van der Waals surface area contributed by atoms with Crippen LogP contribution in [0.2, 0.25) is 0 Å². The molecule has 3 atom stereocenters. The van der Waals surface area contributed by atoms with Crippen LogP contribution in [0.15, 0.2) is 36.7 Å². The van der Waals surface area contributed by atoms with Crippen LogP contribution in [0.4, 0.5) is 4.79 Å². The van der Waals surface area contributed by atoms with Gasteiger partial charge in [-0.3, -0.25) is 4.79 Å². The van der Waals surface area contributed by atoms with Crippen molar-refractivity contribution >= 4 is 11.9 Å². The Hall–Kier alpha value is -3.00. The number of benzene rings is 1. The fraction of sp³-hybridized carbons (Fsp3) is 0.625. The molecule has 3 aliphatic rings. The number of nitrogens with zero attached hydrogens (tertiary/aromatic N) is 5. The first-order valence-electron chi connectivity index (χ1n) is 15.0. The van der Waals surface area contributed by atoms with Gasteiger partial charge in [0.15, 0.2) is 0 Å². The Kier molecular flexibility index (Phi) is 8.45. The Labute approximate surface area is 239 Å². The monoisotopic (exact) mass is 546 g/mol. The Morgan fingerprint density at radius 1 is 0.925 bits per heavy atom. The van der Waals surface area contributed by atoms with E-state index in [1.807, 2.05) is 44.4 Å². The van der Waals surface area contributed by atoms with Gasteiger partial charge < -0.3 is 20.0 Å². The third-order valence-electron chi connectivity index (χ3n) is 9.15. The molecule has 216 valence electrons. The van der Waals surface area contributed by atoms with Gasteiger partial charge >= 0.3 is 6.03 Å². The van der Waals surface area contributed by atoms with Gasteiger partial charge in [0.2, 0.25) is 0 Å². The lowest BCUT2D eigenvalue weighted by molar-refractivity contribution is 0.0770. The predicted molar refractivity (Wildman–Crippen MR) is 157 cm³/mol. The number of rotatable bonds is 6. The summed E-state index contributed by atoms with van der Waals surface area (Å²) in [4.78, 5) is 41.2. The molecule has 1 aromatic heterocycles. The second-order valence-corrected chi connectivity index (χ2v) is 13.2. The fourth-order valence-electron chi connectivity index (χ4n) is 7.10. The molecule has 0 radical (unpaired) electrons. The SMILES string of the molecule is Cc1ncnc(C)c1C(=O)N1CC2CN(CCC(c3ccccc3)C3CCN(C(=O)NC(C)(C)C)CC3)CC2C1. The van der Waals surface area contributed by atoms with Crippen molar-refractivity contribution in [1.82, 2.24) is 30.0 Å². The molecular formula is C32H46N6O2. The summed E-state index contributed by atoms with van der Waals surface area (Å²) in [7, 11) is 0. The summed E-state index contributed by atoms with van der Waals surface area (Å²) >= 11 is 0. The maximum Gasteiger partial charge on any atom is 0.317 e. The summed E-state index contributed by atoms with van der Waals surface area (Å²) < 4.78 is 0. The molecule has 4 heterocycles. The topological polar surface area (TPSA) is 81.7 Å². The third-order valence-corrected chi connectivity index (χ3v) is 9.15. The van der Waals surface area contributed by atoms with Gasteiger partial charge in [-0.1, -0.05) is 30.3 Å².